The Balaban J connectivity index is 3.19. The molecule has 0 saturated heterocycles. The van der Waals surface area contributed by atoms with Crippen LogP contribution in [0.15, 0.2) is 28.6 Å². The third-order valence-corrected chi connectivity index (χ3v) is 3.42. The first-order chi connectivity index (χ1) is 6.05. The first-order valence-electron chi connectivity index (χ1n) is 4.09. The Morgan fingerprint density at radius 3 is 2.62 bits per heavy atom. The standard InChI is InChI=1S/C9H14N2OS/c1-3-13(2,12)11-9-7-5-4-6-8(9)10/h4-7H,3,10H2,1-2H3. The highest BCUT2D eigenvalue weighted by Gasteiger charge is 1.99. The molecule has 0 bridgehead atoms. The lowest BCUT2D eigenvalue weighted by atomic mass is 10.3. The van der Waals surface area contributed by atoms with Gasteiger partial charge in [0.25, 0.3) is 0 Å². The number of hydrogen-bond acceptors (Lipinski definition) is 3. The van der Waals surface area contributed by atoms with E-state index in [1.807, 2.05) is 19.1 Å². The molecule has 1 atom stereocenters. The van der Waals surface area contributed by atoms with E-state index in [0.717, 1.165) is 0 Å². The molecule has 1 rings (SSSR count). The predicted octanol–water partition coefficient (Wildman–Crippen LogP) is 2.02. The lowest BCUT2D eigenvalue weighted by Crippen LogP contribution is -1.98. The van der Waals surface area contributed by atoms with E-state index in [2.05, 4.69) is 4.36 Å². The summed E-state index contributed by atoms with van der Waals surface area (Å²) in [6.07, 6.45) is 1.64. The van der Waals surface area contributed by atoms with Gasteiger partial charge in [0.05, 0.1) is 11.4 Å². The van der Waals surface area contributed by atoms with Crippen LogP contribution in [0.3, 0.4) is 0 Å². The maximum Gasteiger partial charge on any atom is 0.0959 e. The summed E-state index contributed by atoms with van der Waals surface area (Å²) in [4.78, 5) is 0. The Morgan fingerprint density at radius 2 is 2.08 bits per heavy atom. The van der Waals surface area contributed by atoms with Crippen LogP contribution in [0.25, 0.3) is 0 Å². The zero-order chi connectivity index (χ0) is 9.90. The molecule has 3 nitrogen and oxygen atoms in total. The smallest absolute Gasteiger partial charge is 0.0959 e. The van der Waals surface area contributed by atoms with Crippen molar-refractivity contribution in [3.63, 3.8) is 0 Å². The van der Waals surface area contributed by atoms with Gasteiger partial charge in [-0.25, -0.2) is 4.21 Å². The summed E-state index contributed by atoms with van der Waals surface area (Å²) in [6.45, 7) is 1.85. The predicted molar refractivity (Wildman–Crippen MR) is 57.5 cm³/mol. The molecule has 1 unspecified atom stereocenters. The van der Waals surface area contributed by atoms with Crippen LogP contribution in [0.5, 0.6) is 0 Å². The van der Waals surface area contributed by atoms with Crippen molar-refractivity contribution < 1.29 is 4.21 Å². The van der Waals surface area contributed by atoms with E-state index >= 15 is 0 Å². The monoisotopic (exact) mass is 198 g/mol. The molecule has 0 aromatic heterocycles. The van der Waals surface area contributed by atoms with Crippen molar-refractivity contribution >= 4 is 21.1 Å². The van der Waals surface area contributed by atoms with Crippen molar-refractivity contribution in [2.75, 3.05) is 17.7 Å². The third kappa shape index (κ3) is 2.73. The van der Waals surface area contributed by atoms with E-state index < -0.39 is 9.73 Å². The number of benzene rings is 1. The van der Waals surface area contributed by atoms with Gasteiger partial charge < -0.3 is 5.73 Å². The van der Waals surface area contributed by atoms with Gasteiger partial charge in [-0.2, -0.15) is 4.36 Å². The Kier molecular flexibility index (Phi) is 2.93. The number of nitrogens with zero attached hydrogens (tertiary/aromatic N) is 1. The number of nitrogens with two attached hydrogens (primary N) is 1. The van der Waals surface area contributed by atoms with Crippen molar-refractivity contribution in [1.82, 2.24) is 0 Å². The Labute approximate surface area is 79.1 Å². The number of para-hydroxylation sites is 1. The number of anilines is 1. The molecule has 1 aromatic carbocycles. The lowest BCUT2D eigenvalue weighted by Gasteiger charge is -2.02. The molecule has 0 spiro atoms. The van der Waals surface area contributed by atoms with E-state index in [1.165, 1.54) is 0 Å². The van der Waals surface area contributed by atoms with Crippen molar-refractivity contribution in [3.05, 3.63) is 24.3 Å². The summed E-state index contributed by atoms with van der Waals surface area (Å²) in [6, 6.07) is 7.19. The minimum Gasteiger partial charge on any atom is -0.397 e. The van der Waals surface area contributed by atoms with Crippen LogP contribution in [0.2, 0.25) is 0 Å². The first-order valence-corrected chi connectivity index (χ1v) is 6.19. The molecule has 4 heteroatoms. The lowest BCUT2D eigenvalue weighted by molar-refractivity contribution is 0.681. The van der Waals surface area contributed by atoms with Crippen LogP contribution in [-0.2, 0) is 9.73 Å². The van der Waals surface area contributed by atoms with Crippen LogP contribution in [0, 0.1) is 0 Å². The molecular formula is C9H14N2OS. The number of hydrogen-bond donors (Lipinski definition) is 1. The van der Waals surface area contributed by atoms with Crippen LogP contribution in [0.4, 0.5) is 11.4 Å². The van der Waals surface area contributed by atoms with Gasteiger partial charge in [0, 0.05) is 21.7 Å². The Bertz CT molecular complexity index is 406. The molecule has 0 saturated carbocycles. The summed E-state index contributed by atoms with van der Waals surface area (Å²) in [7, 11) is -2.10. The Morgan fingerprint density at radius 1 is 1.46 bits per heavy atom. The van der Waals surface area contributed by atoms with Crippen molar-refractivity contribution in [2.24, 2.45) is 4.36 Å². The fraction of sp³-hybridized carbons (Fsp3) is 0.333. The summed E-state index contributed by atoms with van der Waals surface area (Å²) in [5.74, 6) is 0.543. The fourth-order valence-electron chi connectivity index (χ4n) is 0.843. The van der Waals surface area contributed by atoms with E-state index in [-0.39, 0.29) is 0 Å². The summed E-state index contributed by atoms with van der Waals surface area (Å²) in [5.41, 5.74) is 6.86. The van der Waals surface area contributed by atoms with E-state index in [0.29, 0.717) is 17.1 Å². The molecular weight excluding hydrogens is 184 g/mol. The van der Waals surface area contributed by atoms with Crippen molar-refractivity contribution in [3.8, 4) is 0 Å². The summed E-state index contributed by atoms with van der Waals surface area (Å²) >= 11 is 0. The Hall–Kier alpha value is -1.03. The number of nitrogen functional groups attached to an aromatic ring is 1. The van der Waals surface area contributed by atoms with Gasteiger partial charge in [-0.15, -0.1) is 0 Å². The summed E-state index contributed by atoms with van der Waals surface area (Å²) in [5, 5.41) is 0. The molecule has 0 aliphatic rings. The van der Waals surface area contributed by atoms with Crippen LogP contribution in [0.1, 0.15) is 6.92 Å². The SMILES string of the molecule is CCS(C)(=O)=Nc1ccccc1N. The van der Waals surface area contributed by atoms with Crippen LogP contribution in [-0.4, -0.2) is 16.2 Å². The highest BCUT2D eigenvalue weighted by molar-refractivity contribution is 7.93. The second-order valence-corrected chi connectivity index (χ2v) is 5.58. The maximum absolute atomic E-state index is 11.7. The average molecular weight is 198 g/mol. The normalized spacial score (nSPS) is 14.9. The molecule has 0 aliphatic carbocycles. The largest absolute Gasteiger partial charge is 0.397 e. The molecule has 0 fully saturated rings. The summed E-state index contributed by atoms with van der Waals surface area (Å²) < 4.78 is 15.8. The molecule has 1 aromatic rings. The first kappa shape index (κ1) is 10.1. The van der Waals surface area contributed by atoms with Gasteiger partial charge in [0.2, 0.25) is 0 Å². The van der Waals surface area contributed by atoms with Gasteiger partial charge in [0.15, 0.2) is 0 Å². The zero-order valence-corrected chi connectivity index (χ0v) is 8.67. The highest BCUT2D eigenvalue weighted by atomic mass is 32.2. The average Bonchev–Trinajstić information content (AvgIpc) is 2.09. The molecule has 0 aliphatic heterocycles. The number of rotatable bonds is 2. The zero-order valence-electron chi connectivity index (χ0n) is 7.86. The second-order valence-electron chi connectivity index (χ2n) is 2.90. The molecule has 72 valence electrons. The van der Waals surface area contributed by atoms with Crippen LogP contribution >= 0.6 is 0 Å². The molecule has 0 radical (unpaired) electrons. The minimum atomic E-state index is -2.10. The van der Waals surface area contributed by atoms with E-state index in [1.54, 1.807) is 18.4 Å². The topological polar surface area (TPSA) is 55.5 Å². The van der Waals surface area contributed by atoms with E-state index in [4.69, 9.17) is 5.73 Å². The van der Waals surface area contributed by atoms with Crippen LogP contribution < -0.4 is 5.73 Å². The van der Waals surface area contributed by atoms with Crippen molar-refractivity contribution in [1.29, 1.82) is 0 Å². The van der Waals surface area contributed by atoms with Gasteiger partial charge >= 0.3 is 0 Å². The fourth-order valence-corrected chi connectivity index (χ4v) is 1.55. The van der Waals surface area contributed by atoms with Gasteiger partial charge in [-0.05, 0) is 12.1 Å². The third-order valence-electron chi connectivity index (χ3n) is 1.76. The molecule has 2 N–H and O–H groups in total. The molecule has 13 heavy (non-hydrogen) atoms. The molecule has 0 heterocycles. The van der Waals surface area contributed by atoms with E-state index in [9.17, 15) is 4.21 Å². The van der Waals surface area contributed by atoms with Gasteiger partial charge in [-0.1, -0.05) is 19.1 Å². The van der Waals surface area contributed by atoms with Crippen molar-refractivity contribution in [2.45, 2.75) is 6.92 Å². The van der Waals surface area contributed by atoms with Gasteiger partial charge in [0.1, 0.15) is 0 Å². The quantitative estimate of drug-likeness (QED) is 0.739. The van der Waals surface area contributed by atoms with Gasteiger partial charge in [-0.3, -0.25) is 0 Å². The molecule has 0 amide bonds. The highest BCUT2D eigenvalue weighted by Crippen LogP contribution is 2.22. The minimum absolute atomic E-state index is 0.543. The second kappa shape index (κ2) is 3.79. The maximum atomic E-state index is 11.7.